The lowest BCUT2D eigenvalue weighted by Gasteiger charge is -2.28. The molecule has 0 unspecified atom stereocenters. The third kappa shape index (κ3) is 1.77. The van der Waals surface area contributed by atoms with Gasteiger partial charge in [-0.25, -0.2) is 17.6 Å². The average molecular weight is 272 g/mol. The summed E-state index contributed by atoms with van der Waals surface area (Å²) < 4.78 is 53.9. The molecule has 0 bridgehead atoms. The molecule has 2 heterocycles. The molecule has 1 fully saturated rings. The van der Waals surface area contributed by atoms with Crippen LogP contribution in [0.15, 0.2) is 6.20 Å². The molecule has 0 spiro atoms. The molecule has 1 saturated heterocycles. The smallest absolute Gasteiger partial charge is 0.199 e. The van der Waals surface area contributed by atoms with Gasteiger partial charge in [0.1, 0.15) is 0 Å². The highest BCUT2D eigenvalue weighted by molar-refractivity contribution is 5.94. The van der Waals surface area contributed by atoms with Gasteiger partial charge in [0, 0.05) is 19.3 Å². The number of hydrogen-bond donors (Lipinski definition) is 1. The molecule has 1 aromatic carbocycles. The summed E-state index contributed by atoms with van der Waals surface area (Å²) in [5, 5.41) is -0.210. The molecule has 0 aliphatic carbocycles. The zero-order valence-electron chi connectivity index (χ0n) is 10.1. The molecule has 1 aliphatic rings. The molecule has 102 valence electrons. The molecule has 0 atom stereocenters. The normalized spacial score (nSPS) is 16.3. The van der Waals surface area contributed by atoms with Gasteiger partial charge >= 0.3 is 0 Å². The standard InChI is InChI=1S/C13H12F4N2/c14-9-8-7(19-4-2-1-3-5-19)6-18-13(8)12(17)11(16)10(9)15/h6,18H,1-5H2. The Balaban J connectivity index is 2.22. The summed E-state index contributed by atoms with van der Waals surface area (Å²) in [6.45, 7) is 1.40. The first kappa shape index (κ1) is 12.3. The SMILES string of the molecule is Fc1c(F)c(F)c2c(N3CCCCC3)c[nH]c2c1F. The van der Waals surface area contributed by atoms with E-state index in [9.17, 15) is 17.6 Å². The van der Waals surface area contributed by atoms with E-state index in [0.29, 0.717) is 18.8 Å². The molecule has 0 amide bonds. The number of H-pyrrole nitrogens is 1. The Bertz CT molecular complexity index is 629. The molecule has 1 aromatic heterocycles. The van der Waals surface area contributed by atoms with Gasteiger partial charge in [0.2, 0.25) is 0 Å². The van der Waals surface area contributed by atoms with Crippen LogP contribution >= 0.6 is 0 Å². The van der Waals surface area contributed by atoms with E-state index < -0.39 is 23.3 Å². The van der Waals surface area contributed by atoms with E-state index in [1.54, 1.807) is 0 Å². The van der Waals surface area contributed by atoms with Crippen molar-refractivity contribution in [3.63, 3.8) is 0 Å². The van der Waals surface area contributed by atoms with Crippen LogP contribution in [0.4, 0.5) is 23.2 Å². The fourth-order valence-electron chi connectivity index (χ4n) is 2.60. The zero-order valence-corrected chi connectivity index (χ0v) is 10.1. The monoisotopic (exact) mass is 272 g/mol. The molecule has 1 N–H and O–H groups in total. The minimum Gasteiger partial charge on any atom is -0.370 e. The van der Waals surface area contributed by atoms with E-state index >= 15 is 0 Å². The van der Waals surface area contributed by atoms with Crippen molar-refractivity contribution in [2.45, 2.75) is 19.3 Å². The molecule has 0 radical (unpaired) electrons. The Kier molecular flexibility index (Phi) is 2.88. The molecule has 2 nitrogen and oxygen atoms in total. The maximum Gasteiger partial charge on any atom is 0.199 e. The Labute approximate surface area is 107 Å². The van der Waals surface area contributed by atoms with E-state index in [1.807, 2.05) is 4.90 Å². The van der Waals surface area contributed by atoms with Crippen LogP contribution in [0.2, 0.25) is 0 Å². The van der Waals surface area contributed by atoms with Crippen LogP contribution < -0.4 is 4.90 Å². The second kappa shape index (κ2) is 4.43. The van der Waals surface area contributed by atoms with Gasteiger partial charge in [-0.2, -0.15) is 0 Å². The number of hydrogen-bond acceptors (Lipinski definition) is 1. The van der Waals surface area contributed by atoms with Gasteiger partial charge in [0.15, 0.2) is 23.3 Å². The number of aromatic amines is 1. The van der Waals surface area contributed by atoms with Crippen molar-refractivity contribution in [3.05, 3.63) is 29.5 Å². The summed E-state index contributed by atoms with van der Waals surface area (Å²) in [7, 11) is 0. The van der Waals surface area contributed by atoms with Gasteiger partial charge in [-0.1, -0.05) is 0 Å². The number of rotatable bonds is 1. The van der Waals surface area contributed by atoms with Crippen molar-refractivity contribution >= 4 is 16.6 Å². The predicted octanol–water partition coefficient (Wildman–Crippen LogP) is 3.71. The molecule has 2 aromatic rings. The highest BCUT2D eigenvalue weighted by atomic mass is 19.2. The van der Waals surface area contributed by atoms with Crippen LogP contribution in [-0.4, -0.2) is 18.1 Å². The number of piperidine rings is 1. The molecule has 3 rings (SSSR count). The fraction of sp³-hybridized carbons (Fsp3) is 0.385. The second-order valence-electron chi connectivity index (χ2n) is 4.73. The first-order valence-electron chi connectivity index (χ1n) is 6.19. The van der Waals surface area contributed by atoms with E-state index in [-0.39, 0.29) is 10.9 Å². The Morgan fingerprint density at radius 3 is 2.16 bits per heavy atom. The number of aromatic nitrogens is 1. The number of halogens is 4. The molecule has 6 heteroatoms. The minimum absolute atomic E-state index is 0.210. The summed E-state index contributed by atoms with van der Waals surface area (Å²) in [5.41, 5.74) is 0.0713. The van der Waals surface area contributed by atoms with E-state index in [1.165, 1.54) is 6.20 Å². The largest absolute Gasteiger partial charge is 0.370 e. The van der Waals surface area contributed by atoms with E-state index in [2.05, 4.69) is 4.98 Å². The molecular weight excluding hydrogens is 260 g/mol. The summed E-state index contributed by atoms with van der Waals surface area (Å²) >= 11 is 0. The quantitative estimate of drug-likeness (QED) is 0.476. The van der Waals surface area contributed by atoms with Gasteiger partial charge in [-0.15, -0.1) is 0 Å². The number of benzene rings is 1. The van der Waals surface area contributed by atoms with Crippen LogP contribution in [0.1, 0.15) is 19.3 Å². The zero-order chi connectivity index (χ0) is 13.6. The minimum atomic E-state index is -1.78. The Hall–Kier alpha value is -1.72. The molecule has 0 saturated carbocycles. The third-order valence-electron chi connectivity index (χ3n) is 3.57. The van der Waals surface area contributed by atoms with Gasteiger partial charge in [0.05, 0.1) is 16.6 Å². The third-order valence-corrected chi connectivity index (χ3v) is 3.57. The lowest BCUT2D eigenvalue weighted by atomic mass is 10.1. The van der Waals surface area contributed by atoms with Gasteiger partial charge in [-0.05, 0) is 19.3 Å². The maximum atomic E-state index is 13.9. The number of anilines is 1. The maximum absolute atomic E-state index is 13.9. The van der Waals surface area contributed by atoms with Crippen molar-refractivity contribution < 1.29 is 17.6 Å². The van der Waals surface area contributed by atoms with Crippen molar-refractivity contribution in [1.82, 2.24) is 4.98 Å². The lowest BCUT2D eigenvalue weighted by molar-refractivity contribution is 0.417. The van der Waals surface area contributed by atoms with E-state index in [4.69, 9.17) is 0 Å². The number of nitrogens with one attached hydrogen (secondary N) is 1. The summed E-state index contributed by atoms with van der Waals surface area (Å²) in [5.74, 6) is -6.26. The van der Waals surface area contributed by atoms with Gasteiger partial charge < -0.3 is 9.88 Å². The number of nitrogens with zero attached hydrogens (tertiary/aromatic N) is 1. The van der Waals surface area contributed by atoms with E-state index in [0.717, 1.165) is 19.3 Å². The lowest BCUT2D eigenvalue weighted by Crippen LogP contribution is -2.29. The van der Waals surface area contributed by atoms with Crippen molar-refractivity contribution in [1.29, 1.82) is 0 Å². The molecule has 1 aliphatic heterocycles. The van der Waals surface area contributed by atoms with Crippen LogP contribution in [0.5, 0.6) is 0 Å². The number of fused-ring (bicyclic) bond motifs is 1. The van der Waals surface area contributed by atoms with Crippen molar-refractivity contribution in [3.8, 4) is 0 Å². The van der Waals surface area contributed by atoms with Gasteiger partial charge in [-0.3, -0.25) is 0 Å². The van der Waals surface area contributed by atoms with Crippen molar-refractivity contribution in [2.75, 3.05) is 18.0 Å². The summed E-state index contributed by atoms with van der Waals surface area (Å²) in [6.07, 6.45) is 4.38. The molecular formula is C13H12F4N2. The van der Waals surface area contributed by atoms with Crippen LogP contribution in [-0.2, 0) is 0 Å². The van der Waals surface area contributed by atoms with Crippen LogP contribution in [0.3, 0.4) is 0 Å². The first-order chi connectivity index (χ1) is 9.11. The van der Waals surface area contributed by atoms with Gasteiger partial charge in [0.25, 0.3) is 0 Å². The Morgan fingerprint density at radius 1 is 0.842 bits per heavy atom. The highest BCUT2D eigenvalue weighted by Crippen LogP contribution is 2.34. The summed E-state index contributed by atoms with van der Waals surface area (Å²) in [6, 6.07) is 0. The fourth-order valence-corrected chi connectivity index (χ4v) is 2.60. The average Bonchev–Trinajstić information content (AvgIpc) is 2.88. The van der Waals surface area contributed by atoms with Crippen LogP contribution in [0, 0.1) is 23.3 Å². The summed E-state index contributed by atoms with van der Waals surface area (Å²) in [4.78, 5) is 4.36. The van der Waals surface area contributed by atoms with Crippen LogP contribution in [0.25, 0.3) is 10.9 Å². The van der Waals surface area contributed by atoms with Crippen molar-refractivity contribution in [2.24, 2.45) is 0 Å². The topological polar surface area (TPSA) is 19.0 Å². The predicted molar refractivity (Wildman–Crippen MR) is 64.2 cm³/mol. The molecule has 19 heavy (non-hydrogen) atoms. The second-order valence-corrected chi connectivity index (χ2v) is 4.73. The first-order valence-corrected chi connectivity index (χ1v) is 6.19. The highest BCUT2D eigenvalue weighted by Gasteiger charge is 2.26. The Morgan fingerprint density at radius 2 is 1.47 bits per heavy atom.